The smallest absolute Gasteiger partial charge is 0.258 e. The molecule has 0 bridgehead atoms. The van der Waals surface area contributed by atoms with Crippen LogP contribution < -0.4 is 0 Å². The van der Waals surface area contributed by atoms with Crippen LogP contribution in [0.15, 0.2) is 29.2 Å². The molecular weight excluding hydrogens is 238 g/mol. The molecule has 5 heteroatoms. The zero-order chi connectivity index (χ0) is 12.2. The first-order chi connectivity index (χ1) is 7.38. The van der Waals surface area contributed by atoms with Crippen molar-refractivity contribution in [1.82, 2.24) is 0 Å². The number of thioether (sulfide) groups is 1. The molecule has 0 heterocycles. The van der Waals surface area contributed by atoms with Gasteiger partial charge in [-0.1, -0.05) is 19.6 Å². The predicted octanol–water partition coefficient (Wildman–Crippen LogP) is 3.53. The van der Waals surface area contributed by atoms with Gasteiger partial charge in [0.15, 0.2) is 0 Å². The Balaban J connectivity index is 2.69. The highest BCUT2D eigenvalue weighted by atomic mass is 32.2. The van der Waals surface area contributed by atoms with Gasteiger partial charge in [0.1, 0.15) is 8.07 Å². The molecule has 0 unspecified atom stereocenters. The summed E-state index contributed by atoms with van der Waals surface area (Å²) in [6.45, 7) is 6.53. The number of nitro benzene ring substituents is 1. The number of rotatable bonds is 2. The minimum atomic E-state index is -1.33. The van der Waals surface area contributed by atoms with Crippen molar-refractivity contribution < 1.29 is 4.92 Å². The summed E-state index contributed by atoms with van der Waals surface area (Å²) in [6, 6.07) is 6.44. The van der Waals surface area contributed by atoms with Gasteiger partial charge in [0.2, 0.25) is 0 Å². The lowest BCUT2D eigenvalue weighted by Gasteiger charge is -2.02. The molecule has 84 valence electrons. The molecule has 0 atom stereocenters. The highest BCUT2D eigenvalue weighted by Crippen LogP contribution is 2.20. The molecule has 0 aromatic heterocycles. The molecule has 3 nitrogen and oxygen atoms in total. The average Bonchev–Trinajstić information content (AvgIpc) is 2.16. The van der Waals surface area contributed by atoms with Crippen LogP contribution in [0.4, 0.5) is 5.69 Å². The minimum absolute atomic E-state index is 0.113. The second-order valence-corrected chi connectivity index (χ2v) is 9.96. The van der Waals surface area contributed by atoms with Gasteiger partial charge in [0.05, 0.1) is 4.92 Å². The number of non-ortho nitro benzene ring substituents is 1. The van der Waals surface area contributed by atoms with Crippen LogP contribution in [0.2, 0.25) is 19.6 Å². The Hall–Kier alpha value is -1.25. The molecule has 0 aliphatic rings. The Kier molecular flexibility index (Phi) is 4.16. The highest BCUT2D eigenvalue weighted by molar-refractivity contribution is 8.04. The van der Waals surface area contributed by atoms with Crippen LogP contribution in [0.1, 0.15) is 0 Å². The Morgan fingerprint density at radius 1 is 1.25 bits per heavy atom. The molecule has 0 fully saturated rings. The monoisotopic (exact) mass is 251 g/mol. The van der Waals surface area contributed by atoms with Gasteiger partial charge in [-0.3, -0.25) is 10.1 Å². The molecule has 0 N–H and O–H groups in total. The lowest BCUT2D eigenvalue weighted by molar-refractivity contribution is -0.384. The van der Waals surface area contributed by atoms with Crippen LogP contribution in [-0.2, 0) is 0 Å². The van der Waals surface area contributed by atoms with E-state index < -0.39 is 13.0 Å². The highest BCUT2D eigenvalue weighted by Gasteiger charge is 2.07. The van der Waals surface area contributed by atoms with Gasteiger partial charge in [0, 0.05) is 17.0 Å². The van der Waals surface area contributed by atoms with Gasteiger partial charge in [-0.2, -0.15) is 0 Å². The van der Waals surface area contributed by atoms with E-state index in [1.54, 1.807) is 12.1 Å². The lowest BCUT2D eigenvalue weighted by Crippen LogP contribution is -2.15. The van der Waals surface area contributed by atoms with Gasteiger partial charge in [-0.25, -0.2) is 0 Å². The zero-order valence-corrected chi connectivity index (χ0v) is 11.3. The van der Waals surface area contributed by atoms with Crippen molar-refractivity contribution in [3.8, 4) is 10.8 Å². The van der Waals surface area contributed by atoms with Crippen LogP contribution in [0.25, 0.3) is 0 Å². The molecule has 0 amide bonds. The van der Waals surface area contributed by atoms with Crippen LogP contribution in [0.3, 0.4) is 0 Å². The fourth-order valence-corrected chi connectivity index (χ4v) is 2.69. The first-order valence-corrected chi connectivity index (χ1v) is 9.13. The maximum Gasteiger partial charge on any atom is 0.269 e. The summed E-state index contributed by atoms with van der Waals surface area (Å²) >= 11 is 1.42. The van der Waals surface area contributed by atoms with Gasteiger partial charge in [0.25, 0.3) is 5.69 Å². The van der Waals surface area contributed by atoms with Gasteiger partial charge in [-0.15, -0.1) is 5.54 Å². The SMILES string of the molecule is C[Si](C)(C)C#CSc1ccc([N+](=O)[O-])cc1. The number of hydrogen-bond donors (Lipinski definition) is 0. The van der Waals surface area contributed by atoms with E-state index in [1.165, 1.54) is 23.9 Å². The summed E-state index contributed by atoms with van der Waals surface area (Å²) in [5.74, 6) is 0. The predicted molar refractivity (Wildman–Crippen MR) is 70.1 cm³/mol. The summed E-state index contributed by atoms with van der Waals surface area (Å²) in [5.41, 5.74) is 3.34. The van der Waals surface area contributed by atoms with Crippen molar-refractivity contribution in [2.75, 3.05) is 0 Å². The van der Waals surface area contributed by atoms with Crippen LogP contribution in [-0.4, -0.2) is 13.0 Å². The Bertz CT molecular complexity index is 440. The normalized spacial score (nSPS) is 10.4. The third-order valence-electron chi connectivity index (χ3n) is 1.64. The summed E-state index contributed by atoms with van der Waals surface area (Å²) in [7, 11) is -1.33. The number of nitrogens with zero attached hydrogens (tertiary/aromatic N) is 1. The second-order valence-electron chi connectivity index (χ2n) is 4.33. The average molecular weight is 251 g/mol. The molecule has 0 saturated heterocycles. The molecule has 0 aliphatic carbocycles. The Morgan fingerprint density at radius 3 is 2.25 bits per heavy atom. The molecule has 0 aliphatic heterocycles. The maximum absolute atomic E-state index is 10.4. The van der Waals surface area contributed by atoms with Crippen LogP contribution >= 0.6 is 11.8 Å². The van der Waals surface area contributed by atoms with E-state index in [1.807, 2.05) is 0 Å². The fraction of sp³-hybridized carbons (Fsp3) is 0.273. The van der Waals surface area contributed by atoms with E-state index in [0.29, 0.717) is 0 Å². The van der Waals surface area contributed by atoms with Crippen molar-refractivity contribution in [3.05, 3.63) is 34.4 Å². The topological polar surface area (TPSA) is 43.1 Å². The lowest BCUT2D eigenvalue weighted by atomic mass is 10.3. The molecule has 0 saturated carbocycles. The summed E-state index contributed by atoms with van der Waals surface area (Å²) < 4.78 is 0. The molecule has 1 aromatic rings. The van der Waals surface area contributed by atoms with Crippen molar-refractivity contribution in [2.45, 2.75) is 24.5 Å². The molecule has 1 rings (SSSR count). The largest absolute Gasteiger partial charge is 0.269 e. The fourth-order valence-electron chi connectivity index (χ4n) is 0.873. The molecular formula is C11H13NO2SSi. The van der Waals surface area contributed by atoms with Crippen LogP contribution in [0.5, 0.6) is 0 Å². The zero-order valence-electron chi connectivity index (χ0n) is 9.48. The third kappa shape index (κ3) is 4.51. The van der Waals surface area contributed by atoms with E-state index >= 15 is 0 Å². The second kappa shape index (κ2) is 5.19. The quantitative estimate of drug-likeness (QED) is 0.265. The number of benzene rings is 1. The summed E-state index contributed by atoms with van der Waals surface area (Å²) in [4.78, 5) is 11.0. The van der Waals surface area contributed by atoms with Gasteiger partial charge >= 0.3 is 0 Å². The van der Waals surface area contributed by atoms with Crippen molar-refractivity contribution in [2.24, 2.45) is 0 Å². The van der Waals surface area contributed by atoms with Crippen molar-refractivity contribution in [3.63, 3.8) is 0 Å². The van der Waals surface area contributed by atoms with Crippen molar-refractivity contribution in [1.29, 1.82) is 0 Å². The standard InChI is InChI=1S/C11H13NO2SSi/c1-16(2,3)9-8-15-11-6-4-10(5-7-11)12(13)14/h4-7H,1-3H3. The van der Waals surface area contributed by atoms with Gasteiger partial charge < -0.3 is 0 Å². The van der Waals surface area contributed by atoms with Gasteiger partial charge in [-0.05, 0) is 29.1 Å². The first-order valence-electron chi connectivity index (χ1n) is 4.82. The minimum Gasteiger partial charge on any atom is -0.258 e. The van der Waals surface area contributed by atoms with E-state index in [2.05, 4.69) is 30.4 Å². The van der Waals surface area contributed by atoms with E-state index in [9.17, 15) is 10.1 Å². The third-order valence-corrected chi connectivity index (χ3v) is 3.41. The number of hydrogen-bond acceptors (Lipinski definition) is 3. The molecule has 0 radical (unpaired) electrons. The van der Waals surface area contributed by atoms with Crippen molar-refractivity contribution >= 4 is 25.5 Å². The first kappa shape index (κ1) is 12.8. The summed E-state index contributed by atoms with van der Waals surface area (Å²) in [5, 5.41) is 13.5. The van der Waals surface area contributed by atoms with E-state index in [-0.39, 0.29) is 5.69 Å². The molecule has 16 heavy (non-hydrogen) atoms. The Labute approximate surface area is 100 Å². The number of nitro groups is 1. The van der Waals surface area contributed by atoms with E-state index in [4.69, 9.17) is 0 Å². The van der Waals surface area contributed by atoms with E-state index in [0.717, 1.165) is 4.90 Å². The maximum atomic E-state index is 10.4. The Morgan fingerprint density at radius 2 is 1.81 bits per heavy atom. The molecule has 1 aromatic carbocycles. The molecule has 0 spiro atoms. The van der Waals surface area contributed by atoms with Crippen LogP contribution in [0, 0.1) is 20.9 Å². The summed E-state index contributed by atoms with van der Waals surface area (Å²) in [6.07, 6.45) is 0.